The van der Waals surface area contributed by atoms with Crippen LogP contribution in [-0.2, 0) is 19.1 Å². The van der Waals surface area contributed by atoms with Crippen LogP contribution in [0.15, 0.2) is 12.7 Å². The van der Waals surface area contributed by atoms with Crippen LogP contribution in [0.3, 0.4) is 0 Å². The molecule has 0 aliphatic carbocycles. The standard InChI is InChI=1S/C15H26N2O4/c1-7-9-17(10-12(18)21-8-2)13(19)11(3)16-14(20)15(4,5)6/h7,11H,1,8-10H2,2-6H3,(H,16,20). The van der Waals surface area contributed by atoms with E-state index >= 15 is 0 Å². The number of nitrogens with zero attached hydrogens (tertiary/aromatic N) is 1. The SMILES string of the molecule is C=CCN(CC(=O)OCC)C(=O)C(C)NC(=O)C(C)(C)C. The number of nitrogens with one attached hydrogen (secondary N) is 1. The zero-order valence-corrected chi connectivity index (χ0v) is 13.6. The van der Waals surface area contributed by atoms with Gasteiger partial charge >= 0.3 is 5.97 Å². The Labute approximate surface area is 126 Å². The fourth-order valence-electron chi connectivity index (χ4n) is 1.50. The molecule has 0 aliphatic heterocycles. The van der Waals surface area contributed by atoms with Crippen molar-refractivity contribution in [2.24, 2.45) is 5.41 Å². The fraction of sp³-hybridized carbons (Fsp3) is 0.667. The summed E-state index contributed by atoms with van der Waals surface area (Å²) >= 11 is 0. The van der Waals surface area contributed by atoms with Crippen molar-refractivity contribution >= 4 is 17.8 Å². The van der Waals surface area contributed by atoms with Crippen LogP contribution < -0.4 is 5.32 Å². The van der Waals surface area contributed by atoms with Gasteiger partial charge in [-0.25, -0.2) is 0 Å². The van der Waals surface area contributed by atoms with Gasteiger partial charge in [0.2, 0.25) is 11.8 Å². The first kappa shape index (κ1) is 19.1. The van der Waals surface area contributed by atoms with E-state index in [2.05, 4.69) is 11.9 Å². The van der Waals surface area contributed by atoms with E-state index in [0.717, 1.165) is 0 Å². The molecule has 0 rings (SSSR count). The molecular formula is C15H26N2O4. The predicted molar refractivity (Wildman–Crippen MR) is 80.5 cm³/mol. The maximum atomic E-state index is 12.3. The number of carbonyl (C=O) groups is 3. The molecule has 0 aliphatic rings. The van der Waals surface area contributed by atoms with Gasteiger partial charge < -0.3 is 15.0 Å². The molecule has 0 bridgehead atoms. The molecular weight excluding hydrogens is 272 g/mol. The summed E-state index contributed by atoms with van der Waals surface area (Å²) in [5.74, 6) is -1.05. The topological polar surface area (TPSA) is 75.7 Å². The summed E-state index contributed by atoms with van der Waals surface area (Å²) in [7, 11) is 0. The summed E-state index contributed by atoms with van der Waals surface area (Å²) in [6.45, 7) is 12.5. The third-order valence-corrected chi connectivity index (χ3v) is 2.69. The second kappa shape index (κ2) is 8.44. The number of rotatable bonds is 7. The Bertz CT molecular complexity index is 399. The molecule has 0 aromatic heterocycles. The van der Waals surface area contributed by atoms with Gasteiger partial charge in [0.25, 0.3) is 0 Å². The van der Waals surface area contributed by atoms with Crippen molar-refractivity contribution in [2.45, 2.75) is 40.7 Å². The van der Waals surface area contributed by atoms with Crippen LogP contribution in [0.4, 0.5) is 0 Å². The molecule has 6 heteroatoms. The van der Waals surface area contributed by atoms with Gasteiger partial charge in [-0.05, 0) is 13.8 Å². The molecule has 120 valence electrons. The van der Waals surface area contributed by atoms with Crippen molar-refractivity contribution in [3.63, 3.8) is 0 Å². The summed E-state index contributed by atoms with van der Waals surface area (Å²) < 4.78 is 4.83. The Balaban J connectivity index is 4.76. The van der Waals surface area contributed by atoms with Crippen molar-refractivity contribution in [2.75, 3.05) is 19.7 Å². The average Bonchev–Trinajstić information content (AvgIpc) is 2.36. The number of carbonyl (C=O) groups excluding carboxylic acids is 3. The zero-order valence-electron chi connectivity index (χ0n) is 13.6. The molecule has 0 aromatic carbocycles. The van der Waals surface area contributed by atoms with Crippen LogP contribution in [-0.4, -0.2) is 48.4 Å². The Morgan fingerprint density at radius 3 is 2.33 bits per heavy atom. The molecule has 0 saturated heterocycles. The Morgan fingerprint density at radius 2 is 1.90 bits per heavy atom. The smallest absolute Gasteiger partial charge is 0.325 e. The zero-order chi connectivity index (χ0) is 16.6. The maximum Gasteiger partial charge on any atom is 0.325 e. The maximum absolute atomic E-state index is 12.3. The van der Waals surface area contributed by atoms with Gasteiger partial charge in [0.15, 0.2) is 0 Å². The van der Waals surface area contributed by atoms with Gasteiger partial charge in [-0.15, -0.1) is 6.58 Å². The minimum atomic E-state index is -0.717. The van der Waals surface area contributed by atoms with Crippen LogP contribution in [0.2, 0.25) is 0 Å². The predicted octanol–water partition coefficient (Wildman–Crippen LogP) is 1.11. The number of esters is 1. The highest BCUT2D eigenvalue weighted by Gasteiger charge is 2.28. The molecule has 0 fully saturated rings. The van der Waals surface area contributed by atoms with Crippen molar-refractivity contribution in [3.8, 4) is 0 Å². The lowest BCUT2D eigenvalue weighted by Gasteiger charge is -2.26. The largest absolute Gasteiger partial charge is 0.465 e. The van der Waals surface area contributed by atoms with Crippen molar-refractivity contribution in [3.05, 3.63) is 12.7 Å². The summed E-state index contributed by atoms with van der Waals surface area (Å²) in [5, 5.41) is 2.65. The van der Waals surface area contributed by atoms with E-state index in [0.29, 0.717) is 0 Å². The van der Waals surface area contributed by atoms with Gasteiger partial charge in [-0.1, -0.05) is 26.8 Å². The van der Waals surface area contributed by atoms with E-state index in [9.17, 15) is 14.4 Å². The van der Waals surface area contributed by atoms with Gasteiger partial charge in [-0.2, -0.15) is 0 Å². The van der Waals surface area contributed by atoms with Crippen LogP contribution in [0, 0.1) is 5.41 Å². The minimum absolute atomic E-state index is 0.158. The van der Waals surface area contributed by atoms with Gasteiger partial charge in [0, 0.05) is 12.0 Å². The normalized spacial score (nSPS) is 12.2. The monoisotopic (exact) mass is 298 g/mol. The first-order chi connectivity index (χ1) is 9.63. The molecule has 0 radical (unpaired) electrons. The fourth-order valence-corrected chi connectivity index (χ4v) is 1.50. The number of ether oxygens (including phenoxy) is 1. The van der Waals surface area contributed by atoms with E-state index in [-0.39, 0.29) is 31.5 Å². The number of hydrogen-bond acceptors (Lipinski definition) is 4. The lowest BCUT2D eigenvalue weighted by Crippen LogP contribution is -2.50. The number of hydrogen-bond donors (Lipinski definition) is 1. The summed E-state index contributed by atoms with van der Waals surface area (Å²) in [4.78, 5) is 37.0. The van der Waals surface area contributed by atoms with Gasteiger partial charge in [0.05, 0.1) is 6.61 Å². The lowest BCUT2D eigenvalue weighted by atomic mass is 9.95. The van der Waals surface area contributed by atoms with E-state index in [1.807, 2.05) is 0 Å². The Morgan fingerprint density at radius 1 is 1.33 bits per heavy atom. The van der Waals surface area contributed by atoms with Crippen LogP contribution in [0.5, 0.6) is 0 Å². The molecule has 0 spiro atoms. The van der Waals surface area contributed by atoms with Gasteiger partial charge in [0.1, 0.15) is 12.6 Å². The first-order valence-corrected chi connectivity index (χ1v) is 6.99. The highest BCUT2D eigenvalue weighted by atomic mass is 16.5. The average molecular weight is 298 g/mol. The summed E-state index contributed by atoms with van der Waals surface area (Å²) in [5.41, 5.74) is -0.584. The Kier molecular flexibility index (Phi) is 7.70. The van der Waals surface area contributed by atoms with E-state index in [1.165, 1.54) is 11.0 Å². The van der Waals surface area contributed by atoms with Gasteiger partial charge in [-0.3, -0.25) is 14.4 Å². The van der Waals surface area contributed by atoms with Crippen LogP contribution in [0.1, 0.15) is 34.6 Å². The third kappa shape index (κ3) is 6.92. The molecule has 2 amide bonds. The van der Waals surface area contributed by atoms with E-state index < -0.39 is 17.4 Å². The van der Waals surface area contributed by atoms with Crippen molar-refractivity contribution in [1.82, 2.24) is 10.2 Å². The second-order valence-corrected chi connectivity index (χ2v) is 5.76. The molecule has 1 unspecified atom stereocenters. The lowest BCUT2D eigenvalue weighted by molar-refractivity contribution is -0.149. The van der Waals surface area contributed by atoms with Crippen LogP contribution in [0.25, 0.3) is 0 Å². The summed E-state index contributed by atoms with van der Waals surface area (Å²) in [6.07, 6.45) is 1.52. The molecule has 6 nitrogen and oxygen atoms in total. The molecule has 0 aromatic rings. The molecule has 1 atom stereocenters. The second-order valence-electron chi connectivity index (χ2n) is 5.76. The molecule has 21 heavy (non-hydrogen) atoms. The van der Waals surface area contributed by atoms with E-state index in [4.69, 9.17) is 4.74 Å². The van der Waals surface area contributed by atoms with Crippen LogP contribution >= 0.6 is 0 Å². The quantitative estimate of drug-likeness (QED) is 0.564. The summed E-state index contributed by atoms with van der Waals surface area (Å²) in [6, 6.07) is -0.717. The Hall–Kier alpha value is -1.85. The first-order valence-electron chi connectivity index (χ1n) is 6.99. The minimum Gasteiger partial charge on any atom is -0.465 e. The van der Waals surface area contributed by atoms with Crippen molar-refractivity contribution < 1.29 is 19.1 Å². The third-order valence-electron chi connectivity index (χ3n) is 2.69. The van der Waals surface area contributed by atoms with E-state index in [1.54, 1.807) is 34.6 Å². The highest BCUT2D eigenvalue weighted by Crippen LogP contribution is 2.13. The molecule has 0 heterocycles. The van der Waals surface area contributed by atoms with Crippen molar-refractivity contribution in [1.29, 1.82) is 0 Å². The highest BCUT2D eigenvalue weighted by molar-refractivity contribution is 5.90. The molecule has 1 N–H and O–H groups in total. The number of amides is 2. The molecule has 0 saturated carbocycles.